The molecule has 110 valence electrons. The van der Waals surface area contributed by atoms with Gasteiger partial charge in [0.2, 0.25) is 0 Å². The first-order valence-corrected chi connectivity index (χ1v) is 7.61. The summed E-state index contributed by atoms with van der Waals surface area (Å²) in [7, 11) is 0. The second-order valence-electron chi connectivity index (χ2n) is 5.76. The number of nitrogens with one attached hydrogen (secondary N) is 1. The molecule has 3 nitrogen and oxygen atoms in total. The Labute approximate surface area is 134 Å². The van der Waals surface area contributed by atoms with Crippen molar-refractivity contribution in [3.05, 3.63) is 76.9 Å². The van der Waals surface area contributed by atoms with Crippen LogP contribution in [-0.4, -0.2) is 5.91 Å². The summed E-state index contributed by atoms with van der Waals surface area (Å²) in [5, 5.41) is 14.2. The van der Waals surface area contributed by atoms with E-state index in [-0.39, 0.29) is 5.91 Å². The lowest BCUT2D eigenvalue weighted by Gasteiger charge is -2.10. The summed E-state index contributed by atoms with van der Waals surface area (Å²) in [6, 6.07) is 19.1. The van der Waals surface area contributed by atoms with E-state index in [0.717, 1.165) is 23.9 Å². The van der Waals surface area contributed by atoms with Crippen molar-refractivity contribution in [2.45, 2.75) is 12.8 Å². The summed E-state index contributed by atoms with van der Waals surface area (Å²) >= 11 is 0. The zero-order chi connectivity index (χ0) is 15.8. The summed E-state index contributed by atoms with van der Waals surface area (Å²) in [6.45, 7) is 0. The van der Waals surface area contributed by atoms with Crippen molar-refractivity contribution in [2.24, 2.45) is 0 Å². The largest absolute Gasteiger partial charge is 0.321 e. The molecule has 1 amide bonds. The lowest BCUT2D eigenvalue weighted by atomic mass is 10.0. The number of carbonyl (C=O) groups excluding carboxylic acids is 1. The second-order valence-corrected chi connectivity index (χ2v) is 5.76. The van der Waals surface area contributed by atoms with E-state index in [1.54, 1.807) is 24.3 Å². The van der Waals surface area contributed by atoms with Crippen LogP contribution >= 0.6 is 0 Å². The van der Waals surface area contributed by atoms with Gasteiger partial charge in [0.25, 0.3) is 5.91 Å². The Morgan fingerprint density at radius 2 is 1.70 bits per heavy atom. The van der Waals surface area contributed by atoms with Gasteiger partial charge in [-0.1, -0.05) is 24.3 Å². The van der Waals surface area contributed by atoms with Gasteiger partial charge in [-0.15, -0.1) is 0 Å². The number of aryl methyl sites for hydroxylation is 2. The smallest absolute Gasteiger partial charge is 0.255 e. The highest BCUT2D eigenvalue weighted by atomic mass is 16.1. The molecule has 3 aromatic carbocycles. The molecule has 0 saturated heterocycles. The van der Waals surface area contributed by atoms with E-state index in [2.05, 4.69) is 29.6 Å². The van der Waals surface area contributed by atoms with Crippen LogP contribution in [-0.2, 0) is 12.8 Å². The third-order valence-electron chi connectivity index (χ3n) is 4.40. The zero-order valence-electron chi connectivity index (χ0n) is 12.5. The van der Waals surface area contributed by atoms with Crippen molar-refractivity contribution < 1.29 is 4.79 Å². The van der Waals surface area contributed by atoms with Crippen molar-refractivity contribution in [3.63, 3.8) is 0 Å². The maximum Gasteiger partial charge on any atom is 0.255 e. The van der Waals surface area contributed by atoms with E-state index in [4.69, 9.17) is 5.26 Å². The molecular weight excluding hydrogens is 284 g/mol. The van der Waals surface area contributed by atoms with Gasteiger partial charge < -0.3 is 5.32 Å². The Kier molecular flexibility index (Phi) is 3.09. The maximum absolute atomic E-state index is 12.4. The summed E-state index contributed by atoms with van der Waals surface area (Å²) in [5.74, 6) is -0.159. The fraction of sp³-hybridized carbons (Fsp3) is 0.100. The van der Waals surface area contributed by atoms with Crippen molar-refractivity contribution in [3.8, 4) is 6.07 Å². The molecule has 0 saturated carbocycles. The molecule has 0 bridgehead atoms. The van der Waals surface area contributed by atoms with Crippen LogP contribution < -0.4 is 5.32 Å². The molecule has 0 radical (unpaired) electrons. The fourth-order valence-corrected chi connectivity index (χ4v) is 3.25. The Balaban J connectivity index is 1.70. The average Bonchev–Trinajstić information content (AvgIpc) is 3.02. The highest BCUT2D eigenvalue weighted by Gasteiger charge is 2.16. The third kappa shape index (κ3) is 2.25. The first-order chi connectivity index (χ1) is 11.3. The molecule has 23 heavy (non-hydrogen) atoms. The van der Waals surface area contributed by atoms with Crippen LogP contribution in [0.15, 0.2) is 54.6 Å². The number of amides is 1. The summed E-state index contributed by atoms with van der Waals surface area (Å²) in [4.78, 5) is 12.4. The molecule has 0 spiro atoms. The number of nitrogens with zero attached hydrogens (tertiary/aromatic N) is 1. The monoisotopic (exact) mass is 298 g/mol. The number of benzene rings is 3. The Bertz CT molecular complexity index is 955. The van der Waals surface area contributed by atoms with E-state index >= 15 is 0 Å². The van der Waals surface area contributed by atoms with Gasteiger partial charge >= 0.3 is 0 Å². The van der Waals surface area contributed by atoms with Gasteiger partial charge in [-0.3, -0.25) is 4.79 Å². The molecule has 1 aliphatic rings. The van der Waals surface area contributed by atoms with E-state index in [0.29, 0.717) is 11.1 Å². The van der Waals surface area contributed by atoms with Crippen molar-refractivity contribution in [2.75, 3.05) is 5.32 Å². The molecule has 0 atom stereocenters. The lowest BCUT2D eigenvalue weighted by molar-refractivity contribution is 0.102. The highest BCUT2D eigenvalue weighted by Crippen LogP contribution is 2.35. The van der Waals surface area contributed by atoms with Crippen molar-refractivity contribution in [1.82, 2.24) is 0 Å². The molecule has 0 fully saturated rings. The van der Waals surface area contributed by atoms with Crippen LogP contribution in [0.2, 0.25) is 0 Å². The van der Waals surface area contributed by atoms with E-state index < -0.39 is 0 Å². The third-order valence-corrected chi connectivity index (χ3v) is 4.40. The topological polar surface area (TPSA) is 52.9 Å². The molecule has 3 heteroatoms. The van der Waals surface area contributed by atoms with Crippen molar-refractivity contribution in [1.29, 1.82) is 5.26 Å². The molecule has 3 aromatic rings. The minimum Gasteiger partial charge on any atom is -0.321 e. The van der Waals surface area contributed by atoms with E-state index in [1.165, 1.54) is 16.5 Å². The maximum atomic E-state index is 12.4. The van der Waals surface area contributed by atoms with Gasteiger partial charge in [-0.25, -0.2) is 0 Å². The number of hydrogen-bond acceptors (Lipinski definition) is 2. The lowest BCUT2D eigenvalue weighted by Crippen LogP contribution is -2.12. The Morgan fingerprint density at radius 3 is 2.43 bits per heavy atom. The predicted octanol–water partition coefficient (Wildman–Crippen LogP) is 4.06. The SMILES string of the molecule is N#Cc1ccc(C(=O)Nc2ccc3c4c(cccc24)CC3)cc1. The van der Waals surface area contributed by atoms with Gasteiger partial charge in [-0.05, 0) is 59.7 Å². The minimum absolute atomic E-state index is 0.159. The summed E-state index contributed by atoms with van der Waals surface area (Å²) < 4.78 is 0. The van der Waals surface area contributed by atoms with Gasteiger partial charge in [0.15, 0.2) is 0 Å². The van der Waals surface area contributed by atoms with E-state index in [1.807, 2.05) is 12.1 Å². The van der Waals surface area contributed by atoms with Crippen LogP contribution in [0.4, 0.5) is 5.69 Å². The number of hydrogen-bond donors (Lipinski definition) is 1. The van der Waals surface area contributed by atoms with Crippen LogP contribution in [0, 0.1) is 11.3 Å². The molecular formula is C20H14N2O. The van der Waals surface area contributed by atoms with Gasteiger partial charge in [-0.2, -0.15) is 5.26 Å². The molecule has 1 N–H and O–H groups in total. The predicted molar refractivity (Wildman–Crippen MR) is 90.5 cm³/mol. The highest BCUT2D eigenvalue weighted by molar-refractivity contribution is 6.10. The quantitative estimate of drug-likeness (QED) is 0.775. The first kappa shape index (κ1) is 13.5. The molecule has 1 aliphatic carbocycles. The number of anilines is 1. The minimum atomic E-state index is -0.159. The number of carbonyl (C=O) groups is 1. The fourth-order valence-electron chi connectivity index (χ4n) is 3.25. The Morgan fingerprint density at radius 1 is 0.957 bits per heavy atom. The standard InChI is InChI=1S/C20H14N2O/c21-12-13-4-6-16(7-5-13)20(23)22-18-11-10-15-9-8-14-2-1-3-17(18)19(14)15/h1-7,10-11H,8-9H2,(H,22,23). The number of nitriles is 1. The van der Waals surface area contributed by atoms with Crippen LogP contribution in [0.5, 0.6) is 0 Å². The summed E-state index contributed by atoms with van der Waals surface area (Å²) in [6.07, 6.45) is 2.14. The van der Waals surface area contributed by atoms with Crippen LogP contribution in [0.25, 0.3) is 10.8 Å². The normalized spacial score (nSPS) is 12.1. The molecule has 0 aromatic heterocycles. The first-order valence-electron chi connectivity index (χ1n) is 7.61. The molecule has 0 heterocycles. The zero-order valence-corrected chi connectivity index (χ0v) is 12.5. The van der Waals surface area contributed by atoms with Gasteiger partial charge in [0, 0.05) is 16.6 Å². The van der Waals surface area contributed by atoms with Crippen molar-refractivity contribution >= 4 is 22.4 Å². The molecule has 0 unspecified atom stereocenters. The van der Waals surface area contributed by atoms with E-state index in [9.17, 15) is 4.79 Å². The average molecular weight is 298 g/mol. The van der Waals surface area contributed by atoms with Crippen LogP contribution in [0.1, 0.15) is 27.0 Å². The molecule has 0 aliphatic heterocycles. The molecule has 4 rings (SSSR count). The Hall–Kier alpha value is -3.12. The summed E-state index contributed by atoms with van der Waals surface area (Å²) in [5.41, 5.74) is 4.64. The van der Waals surface area contributed by atoms with Gasteiger partial charge in [0.05, 0.1) is 11.6 Å². The van der Waals surface area contributed by atoms with Crippen LogP contribution in [0.3, 0.4) is 0 Å². The van der Waals surface area contributed by atoms with Gasteiger partial charge in [0.1, 0.15) is 0 Å². The second kappa shape index (κ2) is 5.26. The number of rotatable bonds is 2.